The molecule has 0 atom stereocenters. The fraction of sp³-hybridized carbons (Fsp3) is 0.235. The molecule has 0 unspecified atom stereocenters. The standard InChI is InChI=1S/C17H17N3O3/c1-17(2)13-5-3-4-11(16(22)23)12(13)9-20(17)10-19-14-8-18-7-6-15(14)21/h3-8,10H,9H2,1-2H3,(H,18,21)(H,22,23). The third kappa shape index (κ3) is 2.52. The van der Waals surface area contributed by atoms with E-state index in [1.807, 2.05) is 24.8 Å². The van der Waals surface area contributed by atoms with Gasteiger partial charge in [0.15, 0.2) is 0 Å². The number of hydrogen-bond donors (Lipinski definition) is 2. The second-order valence-corrected chi connectivity index (χ2v) is 5.96. The highest BCUT2D eigenvalue weighted by molar-refractivity contribution is 5.90. The molecule has 0 fully saturated rings. The average Bonchev–Trinajstić information content (AvgIpc) is 2.77. The lowest BCUT2D eigenvalue weighted by Gasteiger charge is -2.30. The molecule has 3 rings (SSSR count). The molecule has 1 aromatic carbocycles. The maximum absolute atomic E-state index is 11.7. The van der Waals surface area contributed by atoms with Gasteiger partial charge in [0, 0.05) is 25.0 Å². The van der Waals surface area contributed by atoms with Gasteiger partial charge in [-0.25, -0.2) is 9.79 Å². The summed E-state index contributed by atoms with van der Waals surface area (Å²) >= 11 is 0. The molecule has 0 radical (unpaired) electrons. The zero-order valence-corrected chi connectivity index (χ0v) is 12.9. The molecule has 1 aliphatic rings. The van der Waals surface area contributed by atoms with Crippen molar-refractivity contribution in [3.63, 3.8) is 0 Å². The summed E-state index contributed by atoms with van der Waals surface area (Å²) in [4.78, 5) is 32.1. The molecule has 0 saturated carbocycles. The lowest BCUT2D eigenvalue weighted by Crippen LogP contribution is -2.34. The van der Waals surface area contributed by atoms with Crippen molar-refractivity contribution in [3.8, 4) is 0 Å². The number of aromatic carboxylic acids is 1. The van der Waals surface area contributed by atoms with E-state index in [0.29, 0.717) is 17.8 Å². The van der Waals surface area contributed by atoms with Crippen molar-refractivity contribution in [2.24, 2.45) is 4.99 Å². The van der Waals surface area contributed by atoms with E-state index in [4.69, 9.17) is 0 Å². The smallest absolute Gasteiger partial charge is 0.336 e. The number of hydrogen-bond acceptors (Lipinski definition) is 3. The van der Waals surface area contributed by atoms with Gasteiger partial charge in [0.05, 0.1) is 17.4 Å². The first-order valence-electron chi connectivity index (χ1n) is 7.25. The van der Waals surface area contributed by atoms with Gasteiger partial charge in [-0.1, -0.05) is 12.1 Å². The van der Waals surface area contributed by atoms with Crippen molar-refractivity contribution >= 4 is 18.0 Å². The quantitative estimate of drug-likeness (QED) is 0.673. The number of H-pyrrole nitrogens is 1. The summed E-state index contributed by atoms with van der Waals surface area (Å²) in [6.07, 6.45) is 4.70. The maximum atomic E-state index is 11.7. The minimum absolute atomic E-state index is 0.166. The second kappa shape index (κ2) is 5.39. The Bertz CT molecular complexity index is 852. The van der Waals surface area contributed by atoms with E-state index in [1.165, 1.54) is 12.3 Å². The Morgan fingerprint density at radius 2 is 2.17 bits per heavy atom. The van der Waals surface area contributed by atoms with Gasteiger partial charge in [-0.2, -0.15) is 0 Å². The van der Waals surface area contributed by atoms with Crippen LogP contribution in [0.15, 0.2) is 46.4 Å². The Hall–Kier alpha value is -2.89. The Morgan fingerprint density at radius 3 is 2.87 bits per heavy atom. The molecule has 1 aromatic heterocycles. The number of carbonyl (C=O) groups is 1. The van der Waals surface area contributed by atoms with E-state index >= 15 is 0 Å². The summed E-state index contributed by atoms with van der Waals surface area (Å²) in [6, 6.07) is 6.72. The Kier molecular flexibility index (Phi) is 3.52. The number of carboxylic acid groups (broad SMARTS) is 1. The van der Waals surface area contributed by atoms with E-state index in [-0.39, 0.29) is 5.43 Å². The fourth-order valence-electron chi connectivity index (χ4n) is 2.88. The molecule has 118 valence electrons. The summed E-state index contributed by atoms with van der Waals surface area (Å²) in [5.74, 6) is -0.934. The first kappa shape index (κ1) is 15.0. The van der Waals surface area contributed by atoms with Crippen LogP contribution in [0, 0.1) is 0 Å². The molecular formula is C17H17N3O3. The molecule has 0 aliphatic carbocycles. The zero-order valence-electron chi connectivity index (χ0n) is 12.9. The molecule has 0 saturated heterocycles. The van der Waals surface area contributed by atoms with Crippen molar-refractivity contribution < 1.29 is 9.90 Å². The van der Waals surface area contributed by atoms with Crippen molar-refractivity contribution in [2.45, 2.75) is 25.9 Å². The number of carboxylic acids is 1. The van der Waals surface area contributed by atoms with E-state index in [9.17, 15) is 14.7 Å². The first-order chi connectivity index (χ1) is 10.9. The van der Waals surface area contributed by atoms with Crippen LogP contribution >= 0.6 is 0 Å². The van der Waals surface area contributed by atoms with Crippen molar-refractivity contribution in [3.05, 3.63) is 63.6 Å². The SMILES string of the molecule is CC1(C)c2cccc(C(=O)O)c2CN1C=Nc1c[nH]ccc1=O. The number of fused-ring (bicyclic) bond motifs is 1. The first-order valence-corrected chi connectivity index (χ1v) is 7.25. The van der Waals surface area contributed by atoms with Gasteiger partial charge >= 0.3 is 5.97 Å². The normalized spacial score (nSPS) is 15.8. The molecular weight excluding hydrogens is 294 g/mol. The Morgan fingerprint density at radius 1 is 1.39 bits per heavy atom. The minimum Gasteiger partial charge on any atom is -0.478 e. The van der Waals surface area contributed by atoms with Gasteiger partial charge in [-0.05, 0) is 31.0 Å². The number of benzene rings is 1. The molecule has 2 heterocycles. The van der Waals surface area contributed by atoms with Gasteiger partial charge in [0.25, 0.3) is 0 Å². The molecule has 0 amide bonds. The molecule has 23 heavy (non-hydrogen) atoms. The molecule has 6 heteroatoms. The zero-order chi connectivity index (χ0) is 16.6. The van der Waals surface area contributed by atoms with Crippen molar-refractivity contribution in [2.75, 3.05) is 0 Å². The number of nitrogens with zero attached hydrogens (tertiary/aromatic N) is 2. The van der Waals surface area contributed by atoms with Crippen LogP contribution in [-0.2, 0) is 12.1 Å². The van der Waals surface area contributed by atoms with Crippen LogP contribution in [0.4, 0.5) is 5.69 Å². The lowest BCUT2D eigenvalue weighted by molar-refractivity contribution is 0.0695. The maximum Gasteiger partial charge on any atom is 0.336 e. The highest BCUT2D eigenvalue weighted by Gasteiger charge is 2.37. The predicted molar refractivity (Wildman–Crippen MR) is 87.2 cm³/mol. The minimum atomic E-state index is -0.934. The molecule has 2 aromatic rings. The average molecular weight is 311 g/mol. The van der Waals surface area contributed by atoms with Crippen LogP contribution in [0.2, 0.25) is 0 Å². The summed E-state index contributed by atoms with van der Waals surface area (Å²) in [6.45, 7) is 4.45. The second-order valence-electron chi connectivity index (χ2n) is 5.96. The van der Waals surface area contributed by atoms with Crippen LogP contribution in [0.25, 0.3) is 0 Å². The summed E-state index contributed by atoms with van der Waals surface area (Å²) in [7, 11) is 0. The monoisotopic (exact) mass is 311 g/mol. The molecule has 6 nitrogen and oxygen atoms in total. The topological polar surface area (TPSA) is 85.8 Å². The highest BCUT2D eigenvalue weighted by atomic mass is 16.4. The molecule has 1 aliphatic heterocycles. The van der Waals surface area contributed by atoms with Crippen LogP contribution in [0.1, 0.15) is 35.3 Å². The van der Waals surface area contributed by atoms with E-state index in [0.717, 1.165) is 11.1 Å². The summed E-state index contributed by atoms with van der Waals surface area (Å²) < 4.78 is 0. The van der Waals surface area contributed by atoms with E-state index in [2.05, 4.69) is 9.98 Å². The van der Waals surface area contributed by atoms with E-state index < -0.39 is 11.5 Å². The van der Waals surface area contributed by atoms with Crippen LogP contribution in [0.3, 0.4) is 0 Å². The Labute approximate surface area is 133 Å². The van der Waals surface area contributed by atoms with Gasteiger partial charge in [0.1, 0.15) is 5.69 Å². The summed E-state index contributed by atoms with van der Waals surface area (Å²) in [5, 5.41) is 9.35. The number of aromatic nitrogens is 1. The fourth-order valence-corrected chi connectivity index (χ4v) is 2.88. The third-order valence-corrected chi connectivity index (χ3v) is 4.25. The van der Waals surface area contributed by atoms with Crippen molar-refractivity contribution in [1.29, 1.82) is 0 Å². The number of nitrogens with one attached hydrogen (secondary N) is 1. The van der Waals surface area contributed by atoms with Gasteiger partial charge < -0.3 is 15.0 Å². The molecule has 0 bridgehead atoms. The molecule has 0 spiro atoms. The lowest BCUT2D eigenvalue weighted by atomic mass is 9.92. The number of aliphatic imine (C=N–C) groups is 1. The summed E-state index contributed by atoms with van der Waals surface area (Å²) in [5.41, 5.74) is 1.82. The highest BCUT2D eigenvalue weighted by Crippen LogP contribution is 2.39. The van der Waals surface area contributed by atoms with Gasteiger partial charge in [0.2, 0.25) is 5.43 Å². The number of pyridine rings is 1. The Balaban J connectivity index is 1.98. The van der Waals surface area contributed by atoms with E-state index in [1.54, 1.807) is 24.7 Å². The van der Waals surface area contributed by atoms with Gasteiger partial charge in [-0.15, -0.1) is 0 Å². The van der Waals surface area contributed by atoms with Crippen LogP contribution in [0.5, 0.6) is 0 Å². The predicted octanol–water partition coefficient (Wildman–Crippen LogP) is 2.48. The number of rotatable bonds is 3. The third-order valence-electron chi connectivity index (χ3n) is 4.25. The largest absolute Gasteiger partial charge is 0.478 e. The van der Waals surface area contributed by atoms with Crippen LogP contribution < -0.4 is 5.43 Å². The van der Waals surface area contributed by atoms with Crippen molar-refractivity contribution in [1.82, 2.24) is 9.88 Å². The van der Waals surface area contributed by atoms with Gasteiger partial charge in [-0.3, -0.25) is 4.79 Å². The number of aromatic amines is 1. The molecule has 2 N–H and O–H groups in total. The van der Waals surface area contributed by atoms with Crippen LogP contribution in [-0.4, -0.2) is 27.3 Å².